The van der Waals surface area contributed by atoms with Crippen LogP contribution in [0.2, 0.25) is 0 Å². The van der Waals surface area contributed by atoms with E-state index in [-0.39, 0.29) is 12.7 Å². The van der Waals surface area contributed by atoms with E-state index in [1.807, 2.05) is 6.07 Å². The maximum atomic E-state index is 8.91. The average Bonchev–Trinajstić information content (AvgIpc) is 2.18. The minimum atomic E-state index is 0.0804. The van der Waals surface area contributed by atoms with Crippen molar-refractivity contribution in [2.24, 2.45) is 0 Å². The van der Waals surface area contributed by atoms with Crippen molar-refractivity contribution in [2.45, 2.75) is 18.9 Å². The Morgan fingerprint density at radius 1 is 1.50 bits per heavy atom. The van der Waals surface area contributed by atoms with E-state index in [1.54, 1.807) is 0 Å². The number of ether oxygens (including phenoxy) is 1. The summed E-state index contributed by atoms with van der Waals surface area (Å²) in [5.41, 5.74) is 2.57. The number of aliphatic hydroxyl groups is 1. The van der Waals surface area contributed by atoms with E-state index in [4.69, 9.17) is 9.84 Å². The summed E-state index contributed by atoms with van der Waals surface area (Å²) in [4.78, 5) is 0. The second-order valence-corrected chi connectivity index (χ2v) is 4.38. The predicted octanol–water partition coefficient (Wildman–Crippen LogP) is 2.45. The first kappa shape index (κ1) is 10.1. The number of hydrogen-bond acceptors (Lipinski definition) is 2. The molecule has 1 aliphatic heterocycles. The average molecular weight is 257 g/mol. The summed E-state index contributed by atoms with van der Waals surface area (Å²) in [6.45, 7) is 0.939. The van der Waals surface area contributed by atoms with Crippen LogP contribution in [0, 0.1) is 0 Å². The topological polar surface area (TPSA) is 29.5 Å². The van der Waals surface area contributed by atoms with Crippen molar-refractivity contribution in [1.29, 1.82) is 0 Å². The van der Waals surface area contributed by atoms with Crippen molar-refractivity contribution >= 4 is 15.9 Å². The Bertz CT molecular complexity index is 325. The Hall–Kier alpha value is -0.380. The van der Waals surface area contributed by atoms with E-state index in [9.17, 15) is 0 Å². The molecule has 0 radical (unpaired) electrons. The molecule has 14 heavy (non-hydrogen) atoms. The highest BCUT2D eigenvalue weighted by Crippen LogP contribution is 2.31. The van der Waals surface area contributed by atoms with E-state index >= 15 is 0 Å². The highest BCUT2D eigenvalue weighted by atomic mass is 79.9. The van der Waals surface area contributed by atoms with Crippen molar-refractivity contribution < 1.29 is 9.84 Å². The summed E-state index contributed by atoms with van der Waals surface area (Å²) in [7, 11) is 0. The molecule has 0 amide bonds. The van der Waals surface area contributed by atoms with E-state index in [2.05, 4.69) is 28.1 Å². The first-order valence-corrected chi connectivity index (χ1v) is 5.61. The number of benzene rings is 1. The maximum Gasteiger partial charge on any atom is 0.0849 e. The molecule has 1 aromatic carbocycles. The zero-order chi connectivity index (χ0) is 9.97. The molecular formula is C11H13BrO2. The van der Waals surface area contributed by atoms with Crippen LogP contribution in [0.4, 0.5) is 0 Å². The van der Waals surface area contributed by atoms with Crippen LogP contribution in [0.5, 0.6) is 0 Å². The van der Waals surface area contributed by atoms with Gasteiger partial charge in [-0.15, -0.1) is 0 Å². The van der Waals surface area contributed by atoms with Crippen molar-refractivity contribution in [3.05, 3.63) is 33.8 Å². The molecule has 0 aliphatic carbocycles. The second-order valence-electron chi connectivity index (χ2n) is 3.46. The fourth-order valence-electron chi connectivity index (χ4n) is 1.86. The molecule has 1 atom stereocenters. The van der Waals surface area contributed by atoms with Gasteiger partial charge in [0.15, 0.2) is 0 Å². The van der Waals surface area contributed by atoms with Crippen molar-refractivity contribution in [1.82, 2.24) is 0 Å². The van der Waals surface area contributed by atoms with Crippen LogP contribution >= 0.6 is 15.9 Å². The van der Waals surface area contributed by atoms with E-state index in [0.717, 1.165) is 17.5 Å². The summed E-state index contributed by atoms with van der Waals surface area (Å²) in [6.07, 6.45) is 1.74. The van der Waals surface area contributed by atoms with Gasteiger partial charge in [0.2, 0.25) is 0 Å². The lowest BCUT2D eigenvalue weighted by Gasteiger charge is -2.25. The van der Waals surface area contributed by atoms with Crippen LogP contribution in [0.3, 0.4) is 0 Å². The third-order valence-electron chi connectivity index (χ3n) is 2.53. The molecule has 0 saturated carbocycles. The Balaban J connectivity index is 2.30. The molecule has 1 N–H and O–H groups in total. The van der Waals surface area contributed by atoms with Gasteiger partial charge in [-0.25, -0.2) is 0 Å². The Kier molecular flexibility index (Phi) is 3.21. The minimum Gasteiger partial charge on any atom is -0.396 e. The van der Waals surface area contributed by atoms with Gasteiger partial charge in [0, 0.05) is 17.5 Å². The molecule has 0 saturated heterocycles. The van der Waals surface area contributed by atoms with Gasteiger partial charge < -0.3 is 9.84 Å². The summed E-state index contributed by atoms with van der Waals surface area (Å²) >= 11 is 3.46. The van der Waals surface area contributed by atoms with Gasteiger partial charge >= 0.3 is 0 Å². The zero-order valence-electron chi connectivity index (χ0n) is 7.87. The van der Waals surface area contributed by atoms with Crippen molar-refractivity contribution in [3.63, 3.8) is 0 Å². The van der Waals surface area contributed by atoms with Gasteiger partial charge in [0.25, 0.3) is 0 Å². The lowest BCUT2D eigenvalue weighted by atomic mass is 9.96. The lowest BCUT2D eigenvalue weighted by Crippen LogP contribution is -2.17. The SMILES string of the molecule is OCCC1OCCc2cc(Br)ccc21. The number of aliphatic hydroxyl groups excluding tert-OH is 1. The van der Waals surface area contributed by atoms with Gasteiger partial charge in [0.1, 0.15) is 0 Å². The molecule has 1 aromatic rings. The van der Waals surface area contributed by atoms with Gasteiger partial charge in [-0.05, 0) is 29.7 Å². The highest BCUT2D eigenvalue weighted by molar-refractivity contribution is 9.10. The normalized spacial score (nSPS) is 20.6. The molecule has 0 spiro atoms. The van der Waals surface area contributed by atoms with Crippen LogP contribution in [-0.4, -0.2) is 18.3 Å². The maximum absolute atomic E-state index is 8.91. The summed E-state index contributed by atoms with van der Waals surface area (Å²) in [5, 5.41) is 8.91. The largest absolute Gasteiger partial charge is 0.396 e. The lowest BCUT2D eigenvalue weighted by molar-refractivity contribution is 0.0253. The fourth-order valence-corrected chi connectivity index (χ4v) is 2.27. The number of halogens is 1. The summed E-state index contributed by atoms with van der Waals surface area (Å²) in [6, 6.07) is 6.25. The summed E-state index contributed by atoms with van der Waals surface area (Å²) in [5.74, 6) is 0. The predicted molar refractivity (Wildman–Crippen MR) is 58.2 cm³/mol. The molecule has 76 valence electrons. The molecule has 3 heteroatoms. The molecule has 1 aliphatic rings. The van der Waals surface area contributed by atoms with Crippen LogP contribution in [-0.2, 0) is 11.2 Å². The molecule has 0 bridgehead atoms. The first-order valence-electron chi connectivity index (χ1n) is 4.82. The van der Waals surface area contributed by atoms with Crippen molar-refractivity contribution in [3.8, 4) is 0 Å². The fraction of sp³-hybridized carbons (Fsp3) is 0.455. The number of rotatable bonds is 2. The smallest absolute Gasteiger partial charge is 0.0849 e. The van der Waals surface area contributed by atoms with Crippen molar-refractivity contribution in [2.75, 3.05) is 13.2 Å². The second kappa shape index (κ2) is 4.43. The molecule has 2 nitrogen and oxygen atoms in total. The Morgan fingerprint density at radius 3 is 3.14 bits per heavy atom. The molecule has 1 heterocycles. The van der Waals surface area contributed by atoms with Crippen LogP contribution in [0.1, 0.15) is 23.7 Å². The number of hydrogen-bond donors (Lipinski definition) is 1. The van der Waals surface area contributed by atoms with Crippen LogP contribution < -0.4 is 0 Å². The van der Waals surface area contributed by atoms with Gasteiger partial charge in [-0.3, -0.25) is 0 Å². The highest BCUT2D eigenvalue weighted by Gasteiger charge is 2.19. The quantitative estimate of drug-likeness (QED) is 0.881. The Morgan fingerprint density at radius 2 is 2.36 bits per heavy atom. The van der Waals surface area contributed by atoms with Gasteiger partial charge in [-0.2, -0.15) is 0 Å². The van der Waals surface area contributed by atoms with Crippen LogP contribution in [0.15, 0.2) is 22.7 Å². The van der Waals surface area contributed by atoms with Crippen LogP contribution in [0.25, 0.3) is 0 Å². The first-order chi connectivity index (χ1) is 6.81. The molecule has 1 unspecified atom stereocenters. The molecule has 2 rings (SSSR count). The monoisotopic (exact) mass is 256 g/mol. The van der Waals surface area contributed by atoms with E-state index in [1.165, 1.54) is 11.1 Å². The Labute approximate surface area is 92.0 Å². The number of fused-ring (bicyclic) bond motifs is 1. The third-order valence-corrected chi connectivity index (χ3v) is 3.03. The summed E-state index contributed by atoms with van der Waals surface area (Å²) < 4.78 is 6.72. The standard InChI is InChI=1S/C11H13BrO2/c12-9-1-2-10-8(7-9)4-6-14-11(10)3-5-13/h1-2,7,11,13H,3-6H2. The zero-order valence-corrected chi connectivity index (χ0v) is 9.46. The molecule has 0 fully saturated rings. The third kappa shape index (κ3) is 2.00. The van der Waals surface area contributed by atoms with Gasteiger partial charge in [0.05, 0.1) is 12.7 Å². The minimum absolute atomic E-state index is 0.0804. The molecule has 0 aromatic heterocycles. The van der Waals surface area contributed by atoms with E-state index in [0.29, 0.717) is 6.42 Å². The van der Waals surface area contributed by atoms with E-state index < -0.39 is 0 Å². The molecular weight excluding hydrogens is 244 g/mol. The van der Waals surface area contributed by atoms with Gasteiger partial charge in [-0.1, -0.05) is 22.0 Å².